The normalized spacial score (nSPS) is 12.8. The largest absolute Gasteiger partial charge is 3.00 e. The molecule has 8 bridgehead atoms. The summed E-state index contributed by atoms with van der Waals surface area (Å²) in [5.74, 6) is -0.546. The van der Waals surface area contributed by atoms with Crippen molar-refractivity contribution >= 4 is 102 Å². The van der Waals surface area contributed by atoms with Crippen LogP contribution in [-0.4, -0.2) is 109 Å². The topological polar surface area (TPSA) is 326 Å². The number of fused-ring (bicyclic) bond motifs is 20. The number of aromatic amines is 2. The number of hydrogen-bond acceptors (Lipinski definition) is 14. The van der Waals surface area contributed by atoms with Crippen molar-refractivity contribution in [3.63, 3.8) is 0 Å². The van der Waals surface area contributed by atoms with Gasteiger partial charge in [0, 0.05) is 43.8 Å². The predicted molar refractivity (Wildman–Crippen MR) is 201 cm³/mol. The number of aromatic nitrogens is 8. The van der Waals surface area contributed by atoms with E-state index in [0.29, 0.717) is 0 Å². The van der Waals surface area contributed by atoms with Gasteiger partial charge in [-0.1, -0.05) is 0 Å². The summed E-state index contributed by atoms with van der Waals surface area (Å²) in [7, 11) is -19.0. The molecule has 20 nitrogen and oxygen atoms in total. The van der Waals surface area contributed by atoms with Crippen molar-refractivity contribution in [3.05, 3.63) is 72.8 Å². The summed E-state index contributed by atoms with van der Waals surface area (Å²) in [5, 5.41) is 0.698. The van der Waals surface area contributed by atoms with Gasteiger partial charge in [0.15, 0.2) is 23.3 Å². The van der Waals surface area contributed by atoms with Crippen molar-refractivity contribution in [3.8, 4) is 45.6 Å². The number of benzene rings is 4. The summed E-state index contributed by atoms with van der Waals surface area (Å²) in [6, 6.07) is 14.1. The predicted octanol–water partition coefficient (Wildman–Crippen LogP) is 0.479. The molecule has 6 N–H and O–H groups in total. The van der Waals surface area contributed by atoms with Crippen LogP contribution in [-0.2, 0) is 40.5 Å². The van der Waals surface area contributed by atoms with Crippen LogP contribution in [0.4, 0.5) is 0 Å². The number of nitrogens with zero attached hydrogens (tertiary/aromatic N) is 6. The molecule has 0 atom stereocenters. The zero-order valence-electron chi connectivity index (χ0n) is 28.3. The molecule has 2 aliphatic rings. The summed E-state index contributed by atoms with van der Waals surface area (Å²) in [4.78, 5) is 31.4. The van der Waals surface area contributed by atoms with E-state index in [2.05, 4.69) is 39.9 Å². The zero-order chi connectivity index (χ0) is 39.7. The first-order valence-electron chi connectivity index (χ1n) is 15.5. The quantitative estimate of drug-likeness (QED) is 0.103. The van der Waals surface area contributed by atoms with Crippen LogP contribution in [0.1, 0.15) is 0 Å². The van der Waals surface area contributed by atoms with Crippen molar-refractivity contribution in [1.29, 1.82) is 0 Å². The molecule has 0 unspecified atom stereocenters. The molecule has 7 aromatic rings. The van der Waals surface area contributed by atoms with E-state index in [0.717, 1.165) is 48.5 Å². The molecule has 0 saturated carbocycles. The van der Waals surface area contributed by atoms with E-state index in [4.69, 9.17) is 0 Å². The van der Waals surface area contributed by atoms with Crippen LogP contribution in [0.15, 0.2) is 92.4 Å². The standard InChI is InChI=1S/C32H18N8O12S4.Al.ClH/c41-53(42,43)13-1-5-17-21(9-13)29-35-25(17)33-26-18-6-2-14(54(44,45)46)10-22(18)31(36-26)40-32-24-12-16(56(50,51)52)4-8-20(24)28(38-32)34-27-19-7-3-15(55(47,48)49)11-23(19)30(37-27)39-29;;/h1-12H,(H,41,42,43)(H,44,45,46)(H,47,48,49)(H,50,51,52)(H2,33,34,35,36,37,38,39,40);;1H/q;+3;/p-1. The second-order valence-electron chi connectivity index (χ2n) is 12.3. The van der Waals surface area contributed by atoms with Gasteiger partial charge < -0.3 is 22.4 Å². The molecule has 58 heavy (non-hydrogen) atoms. The Hall–Kier alpha value is -5.30. The van der Waals surface area contributed by atoms with Gasteiger partial charge in [-0.25, -0.2) is 29.9 Å². The van der Waals surface area contributed by atoms with Gasteiger partial charge in [0.25, 0.3) is 40.5 Å². The second-order valence-corrected chi connectivity index (χ2v) is 18.0. The van der Waals surface area contributed by atoms with Crippen molar-refractivity contribution in [1.82, 2.24) is 39.9 Å². The number of hydrogen-bond donors (Lipinski definition) is 6. The van der Waals surface area contributed by atoms with Crippen LogP contribution in [0.5, 0.6) is 0 Å². The Morgan fingerprint density at radius 3 is 1.00 bits per heavy atom. The Bertz CT molecular complexity index is 3390. The monoisotopic (exact) mass is 896 g/mol. The van der Waals surface area contributed by atoms with Crippen molar-refractivity contribution in [2.24, 2.45) is 0 Å². The maximum absolute atomic E-state index is 12.2. The molecule has 2 aliphatic heterocycles. The summed E-state index contributed by atoms with van der Waals surface area (Å²) in [6.07, 6.45) is 0. The van der Waals surface area contributed by atoms with Gasteiger partial charge in [0.2, 0.25) is 0 Å². The minimum absolute atomic E-state index is 0. The molecule has 0 saturated heterocycles. The number of halogens is 1. The van der Waals surface area contributed by atoms with Crippen LogP contribution in [0.3, 0.4) is 0 Å². The number of nitrogens with one attached hydrogen (secondary N) is 2. The van der Waals surface area contributed by atoms with E-state index >= 15 is 0 Å². The van der Waals surface area contributed by atoms with Gasteiger partial charge in [-0.2, -0.15) is 33.7 Å². The molecule has 26 heteroatoms. The molecule has 0 fully saturated rings. The number of rotatable bonds is 4. The van der Waals surface area contributed by atoms with Crippen molar-refractivity contribution < 1.29 is 64.3 Å². The molecule has 4 aromatic carbocycles. The van der Waals surface area contributed by atoms with Gasteiger partial charge in [0.1, 0.15) is 22.6 Å². The van der Waals surface area contributed by atoms with Gasteiger partial charge >= 0.3 is 17.4 Å². The second kappa shape index (κ2) is 13.6. The van der Waals surface area contributed by atoms with Gasteiger partial charge in [-0.05, 0) is 72.8 Å². The zero-order valence-corrected chi connectivity index (χ0v) is 33.4. The maximum Gasteiger partial charge on any atom is 3.00 e. The van der Waals surface area contributed by atoms with Gasteiger partial charge in [-0.15, -0.1) is 0 Å². The number of H-pyrrole nitrogens is 2. The third-order valence-electron chi connectivity index (χ3n) is 8.91. The average molecular weight is 897 g/mol. The Morgan fingerprint density at radius 2 is 0.655 bits per heavy atom. The molecule has 5 heterocycles. The third-order valence-corrected chi connectivity index (χ3v) is 12.3. The van der Waals surface area contributed by atoms with E-state index in [-0.39, 0.29) is 119 Å². The molecule has 0 spiro atoms. The van der Waals surface area contributed by atoms with Gasteiger partial charge in [-0.3, -0.25) is 18.2 Å². The fourth-order valence-corrected chi connectivity index (χ4v) is 8.38. The van der Waals surface area contributed by atoms with Crippen molar-refractivity contribution in [2.45, 2.75) is 19.6 Å². The van der Waals surface area contributed by atoms with Crippen LogP contribution >= 0.6 is 0 Å². The summed E-state index contributed by atoms with van der Waals surface area (Å²) in [5.41, 5.74) is 0.424. The summed E-state index contributed by atoms with van der Waals surface area (Å²) < 4.78 is 137. The van der Waals surface area contributed by atoms with E-state index in [1.165, 1.54) is 24.3 Å². The smallest absolute Gasteiger partial charge is 1.00 e. The van der Waals surface area contributed by atoms with E-state index in [1.54, 1.807) is 0 Å². The Morgan fingerprint density at radius 1 is 0.362 bits per heavy atom. The molecule has 290 valence electrons. The van der Waals surface area contributed by atoms with E-state index < -0.39 is 60.1 Å². The SMILES string of the molecule is O=S(=O)(O)c1ccc2c(c1)-c1nc-2nc2nc(nc3[nH]c(nc4[nH]c(n1)c1cc(S(=O)(=O)O)ccc41)c1ccc(S(=O)(=O)O)cc31)-c1cc(S(=O)(=O)O)ccc1-2.[Al+3].[Cl-]. The van der Waals surface area contributed by atoms with E-state index in [9.17, 15) is 51.9 Å². The first kappa shape index (κ1) is 40.9. The van der Waals surface area contributed by atoms with E-state index in [1.807, 2.05) is 0 Å². The third kappa shape index (κ3) is 6.90. The minimum atomic E-state index is -4.74. The fourth-order valence-electron chi connectivity index (χ4n) is 6.35. The van der Waals surface area contributed by atoms with Crippen LogP contribution in [0.2, 0.25) is 0 Å². The Kier molecular flexibility index (Phi) is 9.62. The fraction of sp³-hybridized carbons (Fsp3) is 0. The summed E-state index contributed by atoms with van der Waals surface area (Å²) in [6.45, 7) is 0. The molecular formula is C32H18AlClN8O12S4+2. The van der Waals surface area contributed by atoms with Gasteiger partial charge in [0.05, 0.1) is 19.6 Å². The van der Waals surface area contributed by atoms with Crippen LogP contribution in [0.25, 0.3) is 89.7 Å². The maximum atomic E-state index is 12.2. The van der Waals surface area contributed by atoms with Crippen molar-refractivity contribution in [2.75, 3.05) is 0 Å². The molecule has 0 aliphatic carbocycles. The molecule has 0 amide bonds. The molecular weight excluding hydrogens is 879 g/mol. The summed E-state index contributed by atoms with van der Waals surface area (Å²) >= 11 is 0. The molecule has 3 aromatic heterocycles. The molecule has 9 rings (SSSR count). The first-order chi connectivity index (χ1) is 26.2. The Balaban J connectivity index is 0.00000256. The minimum Gasteiger partial charge on any atom is -1.00 e. The van der Waals surface area contributed by atoms with Crippen LogP contribution in [0, 0.1) is 0 Å². The van der Waals surface area contributed by atoms with Crippen LogP contribution < -0.4 is 12.4 Å². The molecule has 0 radical (unpaired) electrons. The Labute approximate surface area is 342 Å². The average Bonchev–Trinajstić information content (AvgIpc) is 3.84. The first-order valence-corrected chi connectivity index (χ1v) is 21.3.